The molecule has 32 heavy (non-hydrogen) atoms. The maximum Gasteiger partial charge on any atom is 0.275 e. The molecule has 5 nitrogen and oxygen atoms in total. The van der Waals surface area contributed by atoms with Gasteiger partial charge in [0.2, 0.25) is 5.91 Å². The van der Waals surface area contributed by atoms with Crippen LogP contribution in [0.25, 0.3) is 10.2 Å². The lowest BCUT2D eigenvalue weighted by Gasteiger charge is -2.45. The van der Waals surface area contributed by atoms with Gasteiger partial charge in [0.05, 0.1) is 16.8 Å². The highest BCUT2D eigenvalue weighted by Gasteiger charge is 2.49. The minimum atomic E-state index is -1.01. The predicted octanol–water partition coefficient (Wildman–Crippen LogP) is 5.43. The molecule has 3 heterocycles. The first-order valence-electron chi connectivity index (χ1n) is 11.6. The van der Waals surface area contributed by atoms with Crippen LogP contribution in [0.1, 0.15) is 61.1 Å². The number of nitrogens with one attached hydrogen (secondary N) is 1. The number of anilines is 1. The number of fused-ring (bicyclic) bond motifs is 3. The highest BCUT2D eigenvalue weighted by molar-refractivity contribution is 7.17. The van der Waals surface area contributed by atoms with Gasteiger partial charge >= 0.3 is 0 Å². The molecule has 2 aromatic heterocycles. The minimum Gasteiger partial charge on any atom is -0.351 e. The standard InChI is InChI=1S/C26H31N3O2S/c1-16-5-7-19(8-6-16)27-25(31)26(4)15-28-21-9-10-32-23(21)14-22(28)24(30)29(26)20-12-17(2)11-18(3)13-20/h9-14,16,19H,5-8,15H2,1-4H3,(H,27,31)/t16?,19?,26-/m1/s1. The summed E-state index contributed by atoms with van der Waals surface area (Å²) in [7, 11) is 0. The van der Waals surface area contributed by atoms with Crippen molar-refractivity contribution < 1.29 is 9.59 Å². The van der Waals surface area contributed by atoms with E-state index in [2.05, 4.69) is 18.3 Å². The maximum atomic E-state index is 13.9. The molecule has 0 bridgehead atoms. The Hall–Kier alpha value is -2.60. The van der Waals surface area contributed by atoms with E-state index in [0.29, 0.717) is 12.2 Å². The lowest BCUT2D eigenvalue weighted by Crippen LogP contribution is -2.65. The summed E-state index contributed by atoms with van der Waals surface area (Å²) in [4.78, 5) is 29.5. The van der Waals surface area contributed by atoms with Crippen molar-refractivity contribution in [3.05, 3.63) is 52.5 Å². The second-order valence-corrected chi connectivity index (χ2v) is 10.9. The Bertz CT molecular complexity index is 1180. The van der Waals surface area contributed by atoms with E-state index in [1.165, 1.54) is 0 Å². The van der Waals surface area contributed by atoms with Gasteiger partial charge in [-0.2, -0.15) is 0 Å². The van der Waals surface area contributed by atoms with Crippen molar-refractivity contribution in [1.82, 2.24) is 9.88 Å². The van der Waals surface area contributed by atoms with Crippen LogP contribution in [0.3, 0.4) is 0 Å². The van der Waals surface area contributed by atoms with Crippen LogP contribution in [0.2, 0.25) is 0 Å². The Labute approximate surface area is 193 Å². The normalized spacial score (nSPS) is 25.8. The van der Waals surface area contributed by atoms with Gasteiger partial charge in [-0.15, -0.1) is 11.3 Å². The molecule has 0 spiro atoms. The van der Waals surface area contributed by atoms with Crippen molar-refractivity contribution in [2.75, 3.05) is 4.90 Å². The van der Waals surface area contributed by atoms with Crippen LogP contribution in [0, 0.1) is 19.8 Å². The summed E-state index contributed by atoms with van der Waals surface area (Å²) in [5.41, 5.74) is 3.63. The lowest BCUT2D eigenvalue weighted by atomic mass is 9.86. The number of benzene rings is 1. The largest absolute Gasteiger partial charge is 0.351 e. The Morgan fingerprint density at radius 3 is 2.47 bits per heavy atom. The van der Waals surface area contributed by atoms with Crippen LogP contribution in [0.5, 0.6) is 0 Å². The van der Waals surface area contributed by atoms with Crippen LogP contribution in [-0.4, -0.2) is 28.0 Å². The highest BCUT2D eigenvalue weighted by atomic mass is 32.1. The highest BCUT2D eigenvalue weighted by Crippen LogP contribution is 2.38. The Morgan fingerprint density at radius 2 is 1.78 bits per heavy atom. The first kappa shape index (κ1) is 21.3. The molecule has 1 fully saturated rings. The van der Waals surface area contributed by atoms with Gasteiger partial charge in [-0.25, -0.2) is 0 Å². The maximum absolute atomic E-state index is 13.9. The first-order chi connectivity index (χ1) is 15.3. The van der Waals surface area contributed by atoms with Gasteiger partial charge in [-0.05, 0) is 93.1 Å². The molecule has 5 rings (SSSR count). The van der Waals surface area contributed by atoms with Crippen molar-refractivity contribution in [3.8, 4) is 0 Å². The number of aryl methyl sites for hydroxylation is 2. The van der Waals surface area contributed by atoms with E-state index >= 15 is 0 Å². The zero-order valence-electron chi connectivity index (χ0n) is 19.3. The van der Waals surface area contributed by atoms with Gasteiger partial charge < -0.3 is 9.88 Å². The number of aromatic nitrogens is 1. The number of thiophene rings is 1. The van der Waals surface area contributed by atoms with Crippen molar-refractivity contribution in [3.63, 3.8) is 0 Å². The molecular weight excluding hydrogens is 418 g/mol. The van der Waals surface area contributed by atoms with Gasteiger partial charge in [0.1, 0.15) is 11.2 Å². The van der Waals surface area contributed by atoms with E-state index in [1.807, 2.05) is 55.0 Å². The van der Waals surface area contributed by atoms with Crippen LogP contribution >= 0.6 is 11.3 Å². The summed E-state index contributed by atoms with van der Waals surface area (Å²) in [6.45, 7) is 8.70. The number of amides is 2. The number of nitrogens with zero attached hydrogens (tertiary/aromatic N) is 2. The SMILES string of the molecule is Cc1cc(C)cc(N2C(=O)c3cc4sccc4n3C[C@]2(C)C(=O)NC2CCC(C)CC2)c1. The molecule has 3 aromatic rings. The topological polar surface area (TPSA) is 54.3 Å². The molecule has 1 aliphatic heterocycles. The van der Waals surface area contributed by atoms with E-state index in [9.17, 15) is 9.59 Å². The van der Waals surface area contributed by atoms with E-state index in [1.54, 1.807) is 16.2 Å². The number of carbonyl (C=O) groups is 2. The Morgan fingerprint density at radius 1 is 1.09 bits per heavy atom. The molecule has 1 aliphatic carbocycles. The lowest BCUT2D eigenvalue weighted by molar-refractivity contribution is -0.127. The van der Waals surface area contributed by atoms with Gasteiger partial charge in [0.15, 0.2) is 0 Å². The fraction of sp³-hybridized carbons (Fsp3) is 0.462. The second kappa shape index (κ2) is 7.77. The quantitative estimate of drug-likeness (QED) is 0.579. The summed E-state index contributed by atoms with van der Waals surface area (Å²) in [5, 5.41) is 5.36. The predicted molar refractivity (Wildman–Crippen MR) is 131 cm³/mol. The summed E-state index contributed by atoms with van der Waals surface area (Å²) in [6, 6.07) is 10.3. The van der Waals surface area contributed by atoms with Crippen LogP contribution in [0.4, 0.5) is 5.69 Å². The van der Waals surface area contributed by atoms with Crippen LogP contribution in [-0.2, 0) is 11.3 Å². The van der Waals surface area contributed by atoms with Gasteiger partial charge in [-0.1, -0.05) is 13.0 Å². The fourth-order valence-electron chi connectivity index (χ4n) is 5.44. The van der Waals surface area contributed by atoms with E-state index in [0.717, 1.165) is 58.6 Å². The average Bonchev–Trinajstić information content (AvgIpc) is 3.31. The summed E-state index contributed by atoms with van der Waals surface area (Å²) >= 11 is 1.63. The van der Waals surface area contributed by atoms with Crippen molar-refractivity contribution in [1.29, 1.82) is 0 Å². The van der Waals surface area contributed by atoms with Crippen molar-refractivity contribution >= 4 is 39.1 Å². The third-order valence-electron chi connectivity index (χ3n) is 7.21. The molecule has 2 amide bonds. The molecule has 6 heteroatoms. The number of hydrogen-bond donors (Lipinski definition) is 1. The van der Waals surface area contributed by atoms with E-state index in [-0.39, 0.29) is 17.9 Å². The van der Waals surface area contributed by atoms with Gasteiger partial charge in [0, 0.05) is 11.7 Å². The zero-order valence-corrected chi connectivity index (χ0v) is 20.1. The van der Waals surface area contributed by atoms with Crippen molar-refractivity contribution in [2.24, 2.45) is 5.92 Å². The first-order valence-corrected chi connectivity index (χ1v) is 12.4. The molecule has 0 unspecified atom stereocenters. The molecule has 1 saturated carbocycles. The third kappa shape index (κ3) is 3.45. The zero-order chi connectivity index (χ0) is 22.6. The molecule has 0 saturated heterocycles. The average molecular weight is 450 g/mol. The van der Waals surface area contributed by atoms with E-state index < -0.39 is 5.54 Å². The molecule has 1 aromatic carbocycles. The van der Waals surface area contributed by atoms with Crippen LogP contribution in [0.15, 0.2) is 35.7 Å². The van der Waals surface area contributed by atoms with Gasteiger partial charge in [0.25, 0.3) is 5.91 Å². The molecule has 2 aliphatic rings. The number of rotatable bonds is 3. The molecule has 1 N–H and O–H groups in total. The second-order valence-electron chi connectivity index (χ2n) is 9.98. The molecular formula is C26H31N3O2S. The van der Waals surface area contributed by atoms with E-state index in [4.69, 9.17) is 0 Å². The monoisotopic (exact) mass is 449 g/mol. The minimum absolute atomic E-state index is 0.0627. The Kier molecular flexibility index (Phi) is 5.16. The summed E-state index contributed by atoms with van der Waals surface area (Å²) < 4.78 is 3.12. The fourth-order valence-corrected chi connectivity index (χ4v) is 6.26. The third-order valence-corrected chi connectivity index (χ3v) is 8.06. The van der Waals surface area contributed by atoms with Crippen LogP contribution < -0.4 is 10.2 Å². The van der Waals surface area contributed by atoms with Gasteiger partial charge in [-0.3, -0.25) is 14.5 Å². The molecule has 1 atom stereocenters. The Balaban J connectivity index is 1.58. The molecule has 0 radical (unpaired) electrons. The summed E-state index contributed by atoms with van der Waals surface area (Å²) in [6.07, 6.45) is 4.28. The molecule has 168 valence electrons. The smallest absolute Gasteiger partial charge is 0.275 e. The summed E-state index contributed by atoms with van der Waals surface area (Å²) in [5.74, 6) is 0.544. The number of hydrogen-bond acceptors (Lipinski definition) is 3. The van der Waals surface area contributed by atoms with Crippen molar-refractivity contribution in [2.45, 2.75) is 71.5 Å². The number of carbonyl (C=O) groups excluding carboxylic acids is 2.